The molecule has 2 rings (SSSR count). The molecule has 0 aliphatic rings. The molecule has 0 aliphatic heterocycles. The van der Waals surface area contributed by atoms with Gasteiger partial charge in [-0.05, 0) is 43.4 Å². The molecule has 0 saturated heterocycles. The summed E-state index contributed by atoms with van der Waals surface area (Å²) < 4.78 is 18.5. The normalized spacial score (nSPS) is 12.5. The number of methoxy groups -OCH3 is 1. The van der Waals surface area contributed by atoms with Gasteiger partial charge >= 0.3 is 0 Å². The molecule has 0 bridgehead atoms. The second kappa shape index (κ2) is 7.46. The molecular weight excluding hydrogens is 312 g/mol. The van der Waals surface area contributed by atoms with Crippen molar-refractivity contribution in [2.75, 3.05) is 13.7 Å². The summed E-state index contributed by atoms with van der Waals surface area (Å²) in [5, 5.41) is 0.382. The third-order valence-corrected chi connectivity index (χ3v) is 4.07. The van der Waals surface area contributed by atoms with Crippen molar-refractivity contribution in [1.29, 1.82) is 0 Å². The Morgan fingerprint density at radius 1 is 1.26 bits per heavy atom. The third-order valence-electron chi connectivity index (χ3n) is 3.76. The van der Waals surface area contributed by atoms with Crippen LogP contribution in [0.4, 0.5) is 0 Å². The fourth-order valence-corrected chi connectivity index (χ4v) is 2.05. The van der Waals surface area contributed by atoms with Gasteiger partial charge in [0, 0.05) is 17.8 Å². The van der Waals surface area contributed by atoms with E-state index in [2.05, 4.69) is 18.8 Å². The molecule has 0 aliphatic carbocycles. The zero-order valence-electron chi connectivity index (χ0n) is 13.9. The van der Waals surface area contributed by atoms with Crippen molar-refractivity contribution < 1.29 is 14.2 Å². The highest BCUT2D eigenvalue weighted by molar-refractivity contribution is 7.80. The maximum Gasteiger partial charge on any atom is 0.269 e. The highest BCUT2D eigenvalue weighted by atomic mass is 32.1. The van der Waals surface area contributed by atoms with Gasteiger partial charge in [0.1, 0.15) is 23.9 Å². The average molecular weight is 334 g/mol. The third kappa shape index (κ3) is 4.69. The van der Waals surface area contributed by atoms with Crippen LogP contribution in [-0.2, 0) is 4.74 Å². The lowest BCUT2D eigenvalue weighted by atomic mass is 9.88. The number of rotatable bonds is 6. The molecule has 1 unspecified atom stereocenters. The zero-order chi connectivity index (χ0) is 16.9. The molecule has 23 heavy (non-hydrogen) atoms. The molecule has 1 atom stereocenters. The predicted molar refractivity (Wildman–Crippen MR) is 93.0 cm³/mol. The first kappa shape index (κ1) is 17.3. The summed E-state index contributed by atoms with van der Waals surface area (Å²) >= 11 is 5.27. The first-order chi connectivity index (χ1) is 10.9. The molecule has 0 N–H and O–H groups in total. The Labute approximate surface area is 142 Å². The second-order valence-corrected chi connectivity index (χ2v) is 6.30. The number of nitrogens with zero attached hydrogens (tertiary/aromatic N) is 2. The lowest BCUT2D eigenvalue weighted by molar-refractivity contribution is 0.0372. The summed E-state index contributed by atoms with van der Waals surface area (Å²) in [4.78, 5) is 3.96. The molecule has 0 radical (unpaired) electrons. The van der Waals surface area contributed by atoms with Gasteiger partial charge in [-0.3, -0.25) is 4.57 Å². The highest BCUT2D eigenvalue weighted by Crippen LogP contribution is 2.26. The van der Waals surface area contributed by atoms with Gasteiger partial charge in [0.15, 0.2) is 0 Å². The fraction of sp³-hybridized carbons (Fsp3) is 0.412. The van der Waals surface area contributed by atoms with Crippen LogP contribution in [0.2, 0.25) is 0 Å². The molecular formula is C17H22N2O3S. The van der Waals surface area contributed by atoms with Crippen molar-refractivity contribution in [3.05, 3.63) is 43.0 Å². The molecule has 1 aromatic heterocycles. The molecule has 0 fully saturated rings. The molecule has 6 heteroatoms. The van der Waals surface area contributed by atoms with Crippen LogP contribution in [0.25, 0.3) is 0 Å². The Bertz CT molecular complexity index is 624. The van der Waals surface area contributed by atoms with E-state index >= 15 is 0 Å². The van der Waals surface area contributed by atoms with Crippen LogP contribution in [0, 0.1) is 5.41 Å². The lowest BCUT2D eigenvalue weighted by Gasteiger charge is -2.31. The largest absolute Gasteiger partial charge is 0.497 e. The smallest absolute Gasteiger partial charge is 0.269 e. The summed E-state index contributed by atoms with van der Waals surface area (Å²) in [6.45, 7) is 6.66. The molecule has 5 nitrogen and oxygen atoms in total. The summed E-state index contributed by atoms with van der Waals surface area (Å²) in [6.07, 6.45) is 4.93. The molecule has 0 saturated carbocycles. The minimum absolute atomic E-state index is 0.115. The van der Waals surface area contributed by atoms with E-state index < -0.39 is 0 Å². The Kier molecular flexibility index (Phi) is 5.60. The minimum Gasteiger partial charge on any atom is -0.497 e. The maximum atomic E-state index is 5.87. The quantitative estimate of drug-likeness (QED) is 0.756. The van der Waals surface area contributed by atoms with Crippen LogP contribution in [0.5, 0.6) is 11.5 Å². The van der Waals surface area contributed by atoms with Gasteiger partial charge in [0.2, 0.25) is 0 Å². The van der Waals surface area contributed by atoms with E-state index in [9.17, 15) is 0 Å². The van der Waals surface area contributed by atoms with Gasteiger partial charge in [-0.2, -0.15) is 0 Å². The van der Waals surface area contributed by atoms with Gasteiger partial charge in [-0.25, -0.2) is 4.98 Å². The second-order valence-electron chi connectivity index (χ2n) is 5.95. The number of hydrogen-bond donors (Lipinski definition) is 0. The molecule has 2 aromatic rings. The zero-order valence-corrected chi connectivity index (χ0v) is 14.7. The predicted octanol–water partition coefficient (Wildman–Crippen LogP) is 3.54. The van der Waals surface area contributed by atoms with Crippen LogP contribution in [0.1, 0.15) is 20.8 Å². The molecule has 124 valence electrons. The van der Waals surface area contributed by atoms with E-state index in [1.807, 2.05) is 31.2 Å². The van der Waals surface area contributed by atoms with Crippen molar-refractivity contribution in [1.82, 2.24) is 9.55 Å². The lowest BCUT2D eigenvalue weighted by Crippen LogP contribution is -2.37. The Hall–Kier alpha value is -2.08. The number of ether oxygens (including phenoxy) is 3. The summed E-state index contributed by atoms with van der Waals surface area (Å²) in [6, 6.07) is 7.51. The van der Waals surface area contributed by atoms with Gasteiger partial charge in [-0.1, -0.05) is 13.8 Å². The first-order valence-electron chi connectivity index (χ1n) is 7.38. The van der Waals surface area contributed by atoms with E-state index in [0.717, 1.165) is 11.5 Å². The van der Waals surface area contributed by atoms with Crippen LogP contribution in [-0.4, -0.2) is 34.5 Å². The van der Waals surface area contributed by atoms with E-state index in [4.69, 9.17) is 26.4 Å². The van der Waals surface area contributed by atoms with Crippen LogP contribution >= 0.6 is 12.2 Å². The van der Waals surface area contributed by atoms with Crippen molar-refractivity contribution in [3.8, 4) is 11.5 Å². The number of thiocarbonyl (C=S) groups is 1. The van der Waals surface area contributed by atoms with E-state index in [0.29, 0.717) is 11.8 Å². The van der Waals surface area contributed by atoms with Gasteiger partial charge in [-0.15, -0.1) is 0 Å². The summed E-state index contributed by atoms with van der Waals surface area (Å²) in [5.41, 5.74) is -0.218. The van der Waals surface area contributed by atoms with E-state index in [-0.39, 0.29) is 11.5 Å². The van der Waals surface area contributed by atoms with Crippen LogP contribution < -0.4 is 9.47 Å². The van der Waals surface area contributed by atoms with Crippen molar-refractivity contribution in [2.24, 2.45) is 5.41 Å². The standard InChI is InChI=1S/C17H22N2O3S/c1-13(22-16(23)19-10-9-18-12-19)17(2,3)11-21-15-7-5-14(20-4)6-8-15/h5-10,12-13H,11H2,1-4H3. The molecule has 1 aromatic carbocycles. The molecule has 0 amide bonds. The fourth-order valence-electron chi connectivity index (χ4n) is 1.80. The number of imidazole rings is 1. The summed E-state index contributed by atoms with van der Waals surface area (Å²) in [5.74, 6) is 1.60. The SMILES string of the molecule is COc1ccc(OCC(C)(C)C(C)OC(=S)n2ccnc2)cc1. The molecule has 1 heterocycles. The van der Waals surface area contributed by atoms with E-state index in [1.165, 1.54) is 0 Å². The number of benzene rings is 1. The Morgan fingerprint density at radius 3 is 2.48 bits per heavy atom. The maximum absolute atomic E-state index is 5.87. The Balaban J connectivity index is 1.90. The van der Waals surface area contributed by atoms with Crippen LogP contribution in [0.3, 0.4) is 0 Å². The van der Waals surface area contributed by atoms with E-state index in [1.54, 1.807) is 30.4 Å². The van der Waals surface area contributed by atoms with Crippen molar-refractivity contribution in [2.45, 2.75) is 26.9 Å². The monoisotopic (exact) mass is 334 g/mol. The number of aromatic nitrogens is 2. The minimum atomic E-state index is -0.218. The number of hydrogen-bond acceptors (Lipinski definition) is 5. The molecule has 0 spiro atoms. The average Bonchev–Trinajstić information content (AvgIpc) is 3.08. The van der Waals surface area contributed by atoms with Gasteiger partial charge < -0.3 is 14.2 Å². The first-order valence-corrected chi connectivity index (χ1v) is 7.79. The van der Waals surface area contributed by atoms with Crippen molar-refractivity contribution >= 4 is 17.4 Å². The highest BCUT2D eigenvalue weighted by Gasteiger charge is 2.29. The van der Waals surface area contributed by atoms with Gasteiger partial charge in [0.25, 0.3) is 5.17 Å². The van der Waals surface area contributed by atoms with Crippen molar-refractivity contribution in [3.63, 3.8) is 0 Å². The summed E-state index contributed by atoms with van der Waals surface area (Å²) in [7, 11) is 1.64. The van der Waals surface area contributed by atoms with Crippen LogP contribution in [0.15, 0.2) is 43.0 Å². The topological polar surface area (TPSA) is 45.5 Å². The Morgan fingerprint density at radius 2 is 1.91 bits per heavy atom. The van der Waals surface area contributed by atoms with Gasteiger partial charge in [0.05, 0.1) is 13.7 Å².